The first-order chi connectivity index (χ1) is 9.06. The number of benzene rings is 1. The number of nitrogens with one attached hydrogen (secondary N) is 1. The molecular weight excluding hydrogens is 260 g/mol. The highest BCUT2D eigenvalue weighted by Gasteiger charge is 2.28. The second kappa shape index (κ2) is 6.30. The summed E-state index contributed by atoms with van der Waals surface area (Å²) >= 11 is 1.68. The van der Waals surface area contributed by atoms with Gasteiger partial charge >= 0.3 is 0 Å². The van der Waals surface area contributed by atoms with Crippen molar-refractivity contribution < 1.29 is 9.53 Å². The number of hydrogen-bond acceptors (Lipinski definition) is 4. The molecule has 1 fully saturated rings. The molecule has 104 valence electrons. The molecule has 1 amide bonds. The Hall–Kier alpha value is -1.20. The number of nitrogen functional groups attached to an aromatic ring is 1. The molecule has 0 bridgehead atoms. The van der Waals surface area contributed by atoms with Crippen molar-refractivity contribution in [2.45, 2.75) is 36.9 Å². The Morgan fingerprint density at radius 3 is 2.74 bits per heavy atom. The van der Waals surface area contributed by atoms with E-state index in [9.17, 15) is 4.79 Å². The van der Waals surface area contributed by atoms with Crippen molar-refractivity contribution in [1.82, 2.24) is 0 Å². The fraction of sp³-hybridized carbons (Fsp3) is 0.500. The van der Waals surface area contributed by atoms with E-state index in [2.05, 4.69) is 12.2 Å². The minimum Gasteiger partial charge on any atom is -0.399 e. The summed E-state index contributed by atoms with van der Waals surface area (Å²) < 4.78 is 5.51. The molecule has 2 rings (SSSR count). The molecule has 0 aromatic heterocycles. The first kappa shape index (κ1) is 14.2. The molecular formula is C14H20N2O2S. The zero-order valence-electron chi connectivity index (χ0n) is 11.3. The molecule has 1 aromatic rings. The Bertz CT molecular complexity index is 436. The zero-order valence-corrected chi connectivity index (χ0v) is 12.1. The van der Waals surface area contributed by atoms with Crippen molar-refractivity contribution in [2.24, 2.45) is 0 Å². The van der Waals surface area contributed by atoms with Gasteiger partial charge < -0.3 is 15.8 Å². The average Bonchev–Trinajstić information content (AvgIpc) is 2.78. The molecule has 3 atom stereocenters. The SMILES string of the molecule is CC(SC1CCOC1C)C(=O)Nc1ccc(N)cc1. The van der Waals surface area contributed by atoms with E-state index in [4.69, 9.17) is 10.5 Å². The van der Waals surface area contributed by atoms with Crippen LogP contribution in [0.3, 0.4) is 0 Å². The van der Waals surface area contributed by atoms with Gasteiger partial charge in [0.15, 0.2) is 0 Å². The highest BCUT2D eigenvalue weighted by atomic mass is 32.2. The lowest BCUT2D eigenvalue weighted by Gasteiger charge is -2.18. The third kappa shape index (κ3) is 3.88. The van der Waals surface area contributed by atoms with Crippen LogP contribution < -0.4 is 11.1 Å². The van der Waals surface area contributed by atoms with Crippen LogP contribution in [0.1, 0.15) is 20.3 Å². The number of hydrogen-bond donors (Lipinski definition) is 2. The first-order valence-corrected chi connectivity index (χ1v) is 7.44. The van der Waals surface area contributed by atoms with Gasteiger partial charge in [0.05, 0.1) is 11.4 Å². The molecule has 5 heteroatoms. The molecule has 0 radical (unpaired) electrons. The predicted octanol–water partition coefficient (Wildman–Crippen LogP) is 2.51. The van der Waals surface area contributed by atoms with E-state index in [0.29, 0.717) is 10.9 Å². The van der Waals surface area contributed by atoms with Gasteiger partial charge in [-0.25, -0.2) is 0 Å². The van der Waals surface area contributed by atoms with Gasteiger partial charge in [0.2, 0.25) is 5.91 Å². The standard InChI is InChI=1S/C14H20N2O2S/c1-9-13(7-8-18-9)19-10(2)14(17)16-12-5-3-11(15)4-6-12/h3-6,9-10,13H,7-8,15H2,1-2H3,(H,16,17). The number of nitrogens with two attached hydrogens (primary N) is 1. The molecule has 0 saturated carbocycles. The summed E-state index contributed by atoms with van der Waals surface area (Å²) in [5.74, 6) is 0.0221. The van der Waals surface area contributed by atoms with E-state index in [1.165, 1.54) is 0 Å². The summed E-state index contributed by atoms with van der Waals surface area (Å²) in [7, 11) is 0. The van der Waals surface area contributed by atoms with Gasteiger partial charge in [-0.05, 0) is 44.5 Å². The second-order valence-corrected chi connectivity index (χ2v) is 6.38. The summed E-state index contributed by atoms with van der Waals surface area (Å²) in [5.41, 5.74) is 7.08. The van der Waals surface area contributed by atoms with Gasteiger partial charge in [-0.3, -0.25) is 4.79 Å². The van der Waals surface area contributed by atoms with Gasteiger partial charge in [-0.2, -0.15) is 0 Å². The van der Waals surface area contributed by atoms with Crippen molar-refractivity contribution in [3.05, 3.63) is 24.3 Å². The molecule has 19 heavy (non-hydrogen) atoms. The van der Waals surface area contributed by atoms with Crippen LogP contribution in [-0.4, -0.2) is 29.1 Å². The normalized spacial score (nSPS) is 24.1. The molecule has 3 N–H and O–H groups in total. The minimum atomic E-state index is -0.0910. The molecule has 4 nitrogen and oxygen atoms in total. The summed E-state index contributed by atoms with van der Waals surface area (Å²) in [4.78, 5) is 12.1. The van der Waals surface area contributed by atoms with Gasteiger partial charge in [-0.15, -0.1) is 11.8 Å². The number of ether oxygens (including phenoxy) is 1. The molecule has 1 aliphatic rings. The smallest absolute Gasteiger partial charge is 0.237 e. The number of thioether (sulfide) groups is 1. The van der Waals surface area contributed by atoms with Gasteiger partial charge in [-0.1, -0.05) is 0 Å². The highest BCUT2D eigenvalue weighted by molar-refractivity contribution is 8.01. The van der Waals surface area contributed by atoms with Gasteiger partial charge in [0.1, 0.15) is 0 Å². The van der Waals surface area contributed by atoms with Crippen LogP contribution in [0.4, 0.5) is 11.4 Å². The average molecular weight is 280 g/mol. The second-order valence-electron chi connectivity index (χ2n) is 4.79. The number of amides is 1. The van der Waals surface area contributed by atoms with Crippen molar-refractivity contribution >= 4 is 29.0 Å². The predicted molar refractivity (Wildman–Crippen MR) is 80.4 cm³/mol. The molecule has 0 aliphatic carbocycles. The molecule has 1 aliphatic heterocycles. The first-order valence-electron chi connectivity index (χ1n) is 6.49. The highest BCUT2D eigenvalue weighted by Crippen LogP contribution is 2.30. The maximum atomic E-state index is 12.1. The maximum absolute atomic E-state index is 12.1. The van der Waals surface area contributed by atoms with Gasteiger partial charge in [0.25, 0.3) is 0 Å². The van der Waals surface area contributed by atoms with Gasteiger partial charge in [0, 0.05) is 23.2 Å². The van der Waals surface area contributed by atoms with Crippen LogP contribution in [-0.2, 0) is 9.53 Å². The fourth-order valence-electron chi connectivity index (χ4n) is 2.03. The van der Waals surface area contributed by atoms with Crippen molar-refractivity contribution in [2.75, 3.05) is 17.7 Å². The molecule has 1 heterocycles. The van der Waals surface area contributed by atoms with E-state index in [1.807, 2.05) is 19.1 Å². The zero-order chi connectivity index (χ0) is 13.8. The lowest BCUT2D eigenvalue weighted by Crippen LogP contribution is -2.26. The van der Waals surface area contributed by atoms with Crippen LogP contribution in [0, 0.1) is 0 Å². The van der Waals surface area contributed by atoms with E-state index in [-0.39, 0.29) is 17.3 Å². The Morgan fingerprint density at radius 1 is 1.47 bits per heavy atom. The number of rotatable bonds is 4. The third-order valence-electron chi connectivity index (χ3n) is 3.23. The monoisotopic (exact) mass is 280 g/mol. The van der Waals surface area contributed by atoms with E-state index < -0.39 is 0 Å². The summed E-state index contributed by atoms with van der Waals surface area (Å²) in [6.45, 7) is 4.79. The molecule has 1 aromatic carbocycles. The summed E-state index contributed by atoms with van der Waals surface area (Å²) in [6, 6.07) is 7.18. The van der Waals surface area contributed by atoms with Crippen LogP contribution >= 0.6 is 11.8 Å². The van der Waals surface area contributed by atoms with Crippen LogP contribution in [0.25, 0.3) is 0 Å². The van der Waals surface area contributed by atoms with E-state index >= 15 is 0 Å². The number of carbonyl (C=O) groups is 1. The Balaban J connectivity index is 1.86. The minimum absolute atomic E-state index is 0.0221. The van der Waals surface area contributed by atoms with E-state index in [0.717, 1.165) is 18.7 Å². The largest absolute Gasteiger partial charge is 0.399 e. The third-order valence-corrected chi connectivity index (χ3v) is 4.82. The Labute approximate surface area is 118 Å². The van der Waals surface area contributed by atoms with Crippen LogP contribution in [0.5, 0.6) is 0 Å². The van der Waals surface area contributed by atoms with Crippen LogP contribution in [0.2, 0.25) is 0 Å². The fourth-order valence-corrected chi connectivity index (χ4v) is 3.26. The molecule has 1 saturated heterocycles. The molecule has 0 spiro atoms. The van der Waals surface area contributed by atoms with Crippen molar-refractivity contribution in [3.63, 3.8) is 0 Å². The van der Waals surface area contributed by atoms with Crippen molar-refractivity contribution in [1.29, 1.82) is 0 Å². The molecule has 3 unspecified atom stereocenters. The maximum Gasteiger partial charge on any atom is 0.237 e. The quantitative estimate of drug-likeness (QED) is 0.832. The van der Waals surface area contributed by atoms with Crippen LogP contribution in [0.15, 0.2) is 24.3 Å². The van der Waals surface area contributed by atoms with E-state index in [1.54, 1.807) is 23.9 Å². The lowest BCUT2D eigenvalue weighted by atomic mass is 10.2. The lowest BCUT2D eigenvalue weighted by molar-refractivity contribution is -0.115. The number of anilines is 2. The topological polar surface area (TPSA) is 64.3 Å². The Morgan fingerprint density at radius 2 is 2.16 bits per heavy atom. The van der Waals surface area contributed by atoms with Crippen molar-refractivity contribution in [3.8, 4) is 0 Å². The summed E-state index contributed by atoms with van der Waals surface area (Å²) in [6.07, 6.45) is 1.25. The number of carbonyl (C=O) groups excluding carboxylic acids is 1. The Kier molecular flexibility index (Phi) is 4.71. The summed E-state index contributed by atoms with van der Waals surface area (Å²) in [5, 5.41) is 3.22.